The van der Waals surface area contributed by atoms with Gasteiger partial charge in [-0.2, -0.15) is 0 Å². The van der Waals surface area contributed by atoms with E-state index in [-0.39, 0.29) is 76.5 Å². The maximum atomic E-state index is 14.6. The molecule has 2 saturated carbocycles. The Balaban J connectivity index is 0.00000340. The van der Waals surface area contributed by atoms with Crippen molar-refractivity contribution in [3.8, 4) is 0 Å². The van der Waals surface area contributed by atoms with E-state index in [0.717, 1.165) is 25.7 Å². The number of likely N-dealkylation sites (N-methyl/N-ethyl adjacent to an activating group) is 2. The second-order valence-corrected chi connectivity index (χ2v) is 23.0. The molecule has 76 heavy (non-hydrogen) atoms. The molecule has 0 aromatic heterocycles. The van der Waals surface area contributed by atoms with E-state index in [0.29, 0.717) is 18.9 Å². The molecule has 0 bridgehead atoms. The van der Waals surface area contributed by atoms with Gasteiger partial charge in [0.1, 0.15) is 17.8 Å². The first-order valence-electron chi connectivity index (χ1n) is 27.2. The molecular weight excluding hydrogens is 1030 g/mol. The zero-order valence-corrected chi connectivity index (χ0v) is 50.1. The third kappa shape index (κ3) is 19.8. The number of aliphatic hydroxyl groups excluding tert-OH is 1. The molecule has 2 aliphatic carbocycles. The van der Waals surface area contributed by atoms with Gasteiger partial charge in [-0.15, -0.1) is 10.1 Å². The number of nitrogens with zero attached hydrogens (tertiary/aromatic N) is 3. The molecule has 0 amide bonds. The molecule has 446 valence electrons. The van der Waals surface area contributed by atoms with Crippen LogP contribution in [0.4, 0.5) is 0 Å². The number of aliphatic hydroxyl groups is 3. The zero-order valence-electron chi connectivity index (χ0n) is 49.0. The number of methoxy groups -OCH3 is 1. The van der Waals surface area contributed by atoms with Crippen molar-refractivity contribution in [2.24, 2.45) is 23.7 Å². The fourth-order valence-corrected chi connectivity index (χ4v) is 11.9. The van der Waals surface area contributed by atoms with Gasteiger partial charge in [-0.25, -0.2) is 0 Å². The van der Waals surface area contributed by atoms with Crippen molar-refractivity contribution >= 4 is 17.9 Å². The van der Waals surface area contributed by atoms with Gasteiger partial charge in [0.25, 0.3) is 5.09 Å². The Morgan fingerprint density at radius 1 is 0.868 bits per heavy atom. The molecule has 20 nitrogen and oxygen atoms in total. The molecule has 0 spiro atoms. The number of carbonyl (C=O) groups excluding carboxylic acids is 3. The summed E-state index contributed by atoms with van der Waals surface area (Å²) in [4.78, 5) is 61.8. The van der Waals surface area contributed by atoms with Crippen LogP contribution < -0.4 is 0 Å². The minimum absolute atomic E-state index is 0. The number of rotatable bonds is 15. The normalized spacial score (nSPS) is 39.0. The van der Waals surface area contributed by atoms with E-state index in [4.69, 9.17) is 42.7 Å². The summed E-state index contributed by atoms with van der Waals surface area (Å²) in [6.07, 6.45) is 1.13. The van der Waals surface area contributed by atoms with Gasteiger partial charge in [0.2, 0.25) is 0 Å². The summed E-state index contributed by atoms with van der Waals surface area (Å²) in [5.74, 6) is -4.10. The van der Waals surface area contributed by atoms with Crippen molar-refractivity contribution in [2.75, 3.05) is 41.4 Å². The molecule has 5 aliphatic rings. The third-order valence-corrected chi connectivity index (χ3v) is 16.3. The van der Waals surface area contributed by atoms with Gasteiger partial charge in [0.15, 0.2) is 24.8 Å². The average Bonchev–Trinajstić information content (AvgIpc) is 4.09. The van der Waals surface area contributed by atoms with Crippen molar-refractivity contribution in [3.63, 3.8) is 0 Å². The zero-order chi connectivity index (χ0) is 54.6. The molecule has 18 atom stereocenters. The number of hydrogen-bond donors (Lipinski definition) is 3. The summed E-state index contributed by atoms with van der Waals surface area (Å²) in [6, 6.07) is -1.23. The molecule has 3 heterocycles. The summed E-state index contributed by atoms with van der Waals surface area (Å²) >= 11 is 0. The van der Waals surface area contributed by atoms with Gasteiger partial charge in [-0.05, 0) is 114 Å². The molecule has 21 heteroatoms. The number of esters is 3. The Labute approximate surface area is 466 Å². The standard InChI is InChI=1S/C48H85N3O17.C5H10.2CH3.Fe/c1-15-35-48(10,57)43(68-51(58)59)31(6)50(13)25-27(2)23-46(8,56)42(29(4)39(30(5)44(55)64-35)66-38-24-47(9,60-14)41(54)32(7)63-38)67-45-40(34(49(11)12)22-28(3)62-45)65-37(53)21-20-36(52)61-26-33-18-16-17-19-33;1-2-4-5-3-1;;;/h27-35,38-43,45,54,56-57H,15-26H2,1-14H3;1-5H2;2*1H3;/q;;2*-1;+2/t27-,28-,29+,30-,31-,32+,34?,35-,38+,39+,40-,41+,42-,43-,45+,46-,47-,48-;;;;/m1..../s1. The van der Waals surface area contributed by atoms with Crippen molar-refractivity contribution in [3.05, 3.63) is 25.0 Å². The SMILES string of the molecule is C1CCCC1.CC[C@H]1OC(=O)[C@H](C)[C@@H](O[C@H]2C[C@@](C)(OC)[C@@H](O)[C@H](C)O2)[C@H](C)[C@@H](O[C@@H]2O[C@H](C)CC(N(C)C)[C@H]2OC(=O)CCC(=O)OCC2CCCC2)[C@](C)(O)C[C@@H](C)CN(C)[C@H](C)[C@@H](O[N+](=O)[O-])[C@]1(C)O.[CH3-].[CH3-].[Fe+2]. The second kappa shape index (κ2) is 32.2. The van der Waals surface area contributed by atoms with Gasteiger partial charge < -0.3 is 82.7 Å². The number of hydrogen-bond acceptors (Lipinski definition) is 19. The van der Waals surface area contributed by atoms with E-state index in [2.05, 4.69) is 0 Å². The van der Waals surface area contributed by atoms with Crippen LogP contribution in [-0.2, 0) is 74.2 Å². The van der Waals surface area contributed by atoms with Gasteiger partial charge in [0, 0.05) is 32.0 Å². The fraction of sp³-hybridized carbons (Fsp3) is 0.909. The molecule has 3 saturated heterocycles. The van der Waals surface area contributed by atoms with E-state index in [1.54, 1.807) is 60.4 Å². The Kier molecular flexibility index (Phi) is 30.4. The van der Waals surface area contributed by atoms with E-state index in [9.17, 15) is 39.8 Å². The first kappa shape index (κ1) is 71.7. The molecule has 3 N–H and O–H groups in total. The summed E-state index contributed by atoms with van der Waals surface area (Å²) in [5, 5.41) is 47.1. The van der Waals surface area contributed by atoms with Crippen LogP contribution in [0.1, 0.15) is 166 Å². The van der Waals surface area contributed by atoms with E-state index in [1.165, 1.54) is 46.1 Å². The van der Waals surface area contributed by atoms with Crippen molar-refractivity contribution in [1.82, 2.24) is 9.80 Å². The van der Waals surface area contributed by atoms with Crippen LogP contribution in [0.15, 0.2) is 0 Å². The van der Waals surface area contributed by atoms with E-state index >= 15 is 0 Å². The van der Waals surface area contributed by atoms with Crippen molar-refractivity contribution < 1.29 is 94.6 Å². The average molecular weight is 1130 g/mol. The first-order valence-corrected chi connectivity index (χ1v) is 27.2. The van der Waals surface area contributed by atoms with Crippen LogP contribution in [0.5, 0.6) is 0 Å². The molecule has 5 rings (SSSR count). The summed E-state index contributed by atoms with van der Waals surface area (Å²) in [7, 11) is 6.88. The smallest absolute Gasteiger partial charge is 0.465 e. The number of cyclic esters (lactones) is 1. The van der Waals surface area contributed by atoms with Crippen LogP contribution in [0.3, 0.4) is 0 Å². The number of carbonyl (C=O) groups is 3. The fourth-order valence-electron chi connectivity index (χ4n) is 11.9. The van der Waals surface area contributed by atoms with Crippen molar-refractivity contribution in [2.45, 2.75) is 256 Å². The van der Waals surface area contributed by atoms with Crippen molar-refractivity contribution in [1.29, 1.82) is 0 Å². The molecule has 3 aliphatic heterocycles. The largest absolute Gasteiger partial charge is 2.00 e. The molecular formula is C55H101FeN3O17. The first-order chi connectivity index (χ1) is 34.1. The topological polar surface area (TPSA) is 245 Å². The third-order valence-electron chi connectivity index (χ3n) is 16.3. The minimum Gasteiger partial charge on any atom is -0.465 e. The Morgan fingerprint density at radius 3 is 1.99 bits per heavy atom. The Bertz CT molecular complexity index is 1730. The second-order valence-electron chi connectivity index (χ2n) is 23.0. The van der Waals surface area contributed by atoms with Gasteiger partial charge in [-0.3, -0.25) is 14.4 Å². The monoisotopic (exact) mass is 1130 g/mol. The maximum absolute atomic E-state index is 14.6. The van der Waals surface area contributed by atoms with Crippen LogP contribution >= 0.6 is 0 Å². The molecule has 0 aromatic rings. The minimum atomic E-state index is -2.08. The van der Waals surface area contributed by atoms with E-state index < -0.39 is 125 Å². The predicted octanol–water partition coefficient (Wildman–Crippen LogP) is 7.03. The van der Waals surface area contributed by atoms with E-state index in [1.807, 2.05) is 32.8 Å². The predicted molar refractivity (Wildman–Crippen MR) is 282 cm³/mol. The Hall–Kier alpha value is -2.27. The molecule has 5 fully saturated rings. The summed E-state index contributed by atoms with van der Waals surface area (Å²) in [5.41, 5.74) is -4.95. The molecule has 0 radical (unpaired) electrons. The number of ether oxygens (including phenoxy) is 8. The van der Waals surface area contributed by atoms with Crippen LogP contribution in [0, 0.1) is 48.6 Å². The van der Waals surface area contributed by atoms with Crippen LogP contribution in [0.25, 0.3) is 0 Å². The molecule has 0 aromatic carbocycles. The maximum Gasteiger partial charge on any atom is 2.00 e. The van der Waals surface area contributed by atoms with Gasteiger partial charge in [0.05, 0.1) is 67.0 Å². The van der Waals surface area contributed by atoms with Gasteiger partial charge in [-0.1, -0.05) is 65.7 Å². The molecule has 1 unspecified atom stereocenters. The quantitative estimate of drug-likeness (QED) is 0.0372. The summed E-state index contributed by atoms with van der Waals surface area (Å²) < 4.78 is 50.1. The van der Waals surface area contributed by atoms with Gasteiger partial charge >= 0.3 is 35.0 Å². The summed E-state index contributed by atoms with van der Waals surface area (Å²) in [6.45, 7) is 17.4. The van der Waals surface area contributed by atoms with Crippen LogP contribution in [0.2, 0.25) is 0 Å². The van der Waals surface area contributed by atoms with Crippen LogP contribution in [-0.4, -0.2) is 180 Å². The Morgan fingerprint density at radius 2 is 1.45 bits per heavy atom.